The molecule has 1 saturated heterocycles. The van der Waals surface area contributed by atoms with Gasteiger partial charge >= 0.3 is 0 Å². The highest BCUT2D eigenvalue weighted by atomic mass is 35.5. The highest BCUT2D eigenvalue weighted by Gasteiger charge is 2.27. The third-order valence-electron chi connectivity index (χ3n) is 6.37. The lowest BCUT2D eigenvalue weighted by molar-refractivity contribution is -0.121. The largest absolute Gasteiger partial charge is 0.497 e. The SMILES string of the molecule is COc1cccc(Oc2ccc(Cl)cc2NC(=O)C2CCN(Cc3nc(-c4ccccc4Cl)no3)CC2)c1. The van der Waals surface area contributed by atoms with Crippen molar-refractivity contribution in [2.75, 3.05) is 25.5 Å². The lowest BCUT2D eigenvalue weighted by atomic mass is 9.96. The van der Waals surface area contributed by atoms with Crippen LogP contribution in [0, 0.1) is 5.92 Å². The molecule has 1 amide bonds. The Hall–Kier alpha value is -3.59. The zero-order chi connectivity index (χ0) is 26.5. The van der Waals surface area contributed by atoms with Crippen LogP contribution < -0.4 is 14.8 Å². The highest BCUT2D eigenvalue weighted by molar-refractivity contribution is 6.33. The Morgan fingerprint density at radius 1 is 1.05 bits per heavy atom. The van der Waals surface area contributed by atoms with Crippen LogP contribution in [0.4, 0.5) is 5.69 Å². The summed E-state index contributed by atoms with van der Waals surface area (Å²) in [5.41, 5.74) is 1.25. The van der Waals surface area contributed by atoms with Gasteiger partial charge in [0.15, 0.2) is 5.75 Å². The molecule has 0 saturated carbocycles. The molecule has 0 unspecified atom stereocenters. The Kier molecular flexibility index (Phi) is 8.12. The maximum Gasteiger partial charge on any atom is 0.241 e. The summed E-state index contributed by atoms with van der Waals surface area (Å²) in [7, 11) is 1.60. The van der Waals surface area contributed by atoms with Crippen LogP contribution in [-0.4, -0.2) is 41.1 Å². The molecule has 0 aliphatic carbocycles. The molecular weight excluding hydrogens is 527 g/mol. The van der Waals surface area contributed by atoms with E-state index in [1.807, 2.05) is 36.4 Å². The Bertz CT molecular complexity index is 1420. The van der Waals surface area contributed by atoms with E-state index in [2.05, 4.69) is 20.4 Å². The molecule has 1 fully saturated rings. The van der Waals surface area contributed by atoms with Gasteiger partial charge in [0.25, 0.3) is 0 Å². The number of methoxy groups -OCH3 is 1. The van der Waals surface area contributed by atoms with Crippen molar-refractivity contribution in [1.82, 2.24) is 15.0 Å². The number of rotatable bonds is 8. The number of nitrogens with zero attached hydrogens (tertiary/aromatic N) is 3. The van der Waals surface area contributed by atoms with E-state index in [4.69, 9.17) is 37.2 Å². The third-order valence-corrected chi connectivity index (χ3v) is 6.93. The van der Waals surface area contributed by atoms with Crippen molar-refractivity contribution < 1.29 is 18.8 Å². The number of carbonyl (C=O) groups is 1. The zero-order valence-corrected chi connectivity index (χ0v) is 22.2. The highest BCUT2D eigenvalue weighted by Crippen LogP contribution is 2.34. The number of aromatic nitrogens is 2. The summed E-state index contributed by atoms with van der Waals surface area (Å²) in [6, 6.07) is 19.8. The topological polar surface area (TPSA) is 89.7 Å². The van der Waals surface area contributed by atoms with E-state index >= 15 is 0 Å². The maximum absolute atomic E-state index is 13.1. The minimum absolute atomic E-state index is 0.0683. The summed E-state index contributed by atoms with van der Waals surface area (Å²) in [4.78, 5) is 19.8. The number of benzene rings is 3. The minimum atomic E-state index is -0.142. The lowest BCUT2D eigenvalue weighted by Crippen LogP contribution is -2.37. The molecule has 4 aromatic rings. The molecule has 38 heavy (non-hydrogen) atoms. The molecule has 1 aromatic heterocycles. The monoisotopic (exact) mass is 552 g/mol. The molecule has 3 aromatic carbocycles. The molecule has 0 spiro atoms. The fraction of sp³-hybridized carbons (Fsp3) is 0.250. The molecule has 2 heterocycles. The summed E-state index contributed by atoms with van der Waals surface area (Å²) in [6.07, 6.45) is 1.40. The van der Waals surface area contributed by atoms with E-state index in [1.54, 1.807) is 37.4 Å². The van der Waals surface area contributed by atoms with Crippen LogP contribution in [0.15, 0.2) is 71.3 Å². The van der Waals surface area contributed by atoms with Crippen molar-refractivity contribution in [3.8, 4) is 28.6 Å². The van der Waals surface area contributed by atoms with Crippen LogP contribution >= 0.6 is 23.2 Å². The van der Waals surface area contributed by atoms with Gasteiger partial charge < -0.3 is 19.3 Å². The van der Waals surface area contributed by atoms with E-state index in [1.165, 1.54) is 0 Å². The van der Waals surface area contributed by atoms with Crippen molar-refractivity contribution in [2.45, 2.75) is 19.4 Å². The van der Waals surface area contributed by atoms with Gasteiger partial charge in [-0.2, -0.15) is 4.98 Å². The molecule has 1 aliphatic rings. The van der Waals surface area contributed by atoms with Gasteiger partial charge in [0, 0.05) is 22.6 Å². The molecule has 8 nitrogen and oxygen atoms in total. The van der Waals surface area contributed by atoms with Crippen LogP contribution in [0.5, 0.6) is 17.2 Å². The number of carbonyl (C=O) groups excluding carboxylic acids is 1. The van der Waals surface area contributed by atoms with Crippen LogP contribution in [0.1, 0.15) is 18.7 Å². The Morgan fingerprint density at radius 3 is 2.63 bits per heavy atom. The number of hydrogen-bond acceptors (Lipinski definition) is 7. The van der Waals surface area contributed by atoms with E-state index in [-0.39, 0.29) is 11.8 Å². The van der Waals surface area contributed by atoms with Crippen molar-refractivity contribution in [3.63, 3.8) is 0 Å². The summed E-state index contributed by atoms with van der Waals surface area (Å²) in [5.74, 6) is 2.54. The van der Waals surface area contributed by atoms with Crippen molar-refractivity contribution in [1.29, 1.82) is 0 Å². The van der Waals surface area contributed by atoms with Crippen molar-refractivity contribution in [2.24, 2.45) is 5.92 Å². The van der Waals surface area contributed by atoms with E-state index in [9.17, 15) is 4.79 Å². The first-order chi connectivity index (χ1) is 18.5. The summed E-state index contributed by atoms with van der Waals surface area (Å²) in [5, 5.41) is 8.15. The molecule has 5 rings (SSSR count). The van der Waals surface area contributed by atoms with Gasteiger partial charge in [-0.1, -0.05) is 46.6 Å². The second-order valence-corrected chi connectivity index (χ2v) is 9.80. The number of likely N-dealkylation sites (tertiary alicyclic amines) is 1. The number of nitrogens with one attached hydrogen (secondary N) is 1. The van der Waals surface area contributed by atoms with Crippen LogP contribution in [-0.2, 0) is 11.3 Å². The van der Waals surface area contributed by atoms with Gasteiger partial charge in [-0.3, -0.25) is 9.69 Å². The van der Waals surface area contributed by atoms with Gasteiger partial charge in [0.05, 0.1) is 24.4 Å². The molecular formula is C28H26Cl2N4O4. The smallest absolute Gasteiger partial charge is 0.241 e. The third kappa shape index (κ3) is 6.27. The quantitative estimate of drug-likeness (QED) is 0.260. The number of hydrogen-bond donors (Lipinski definition) is 1. The molecule has 0 radical (unpaired) electrons. The standard InChI is InChI=1S/C28H26Cl2N4O4/c1-36-20-5-4-6-21(16-20)37-25-10-9-19(29)15-24(25)31-28(35)18-11-13-34(14-12-18)17-26-32-27(33-38-26)22-7-2-3-8-23(22)30/h2-10,15-16,18H,11-14,17H2,1H3,(H,31,35). The van der Waals surface area contributed by atoms with Crippen LogP contribution in [0.3, 0.4) is 0 Å². The van der Waals surface area contributed by atoms with Crippen molar-refractivity contribution in [3.05, 3.63) is 82.7 Å². The van der Waals surface area contributed by atoms with E-state index in [0.717, 1.165) is 18.7 Å². The average molecular weight is 553 g/mol. The summed E-state index contributed by atoms with van der Waals surface area (Å²) >= 11 is 12.5. The first-order valence-corrected chi connectivity index (χ1v) is 13.0. The second-order valence-electron chi connectivity index (χ2n) is 8.95. The molecule has 10 heteroatoms. The Labute approximate surface area is 230 Å². The van der Waals surface area contributed by atoms with Gasteiger partial charge in [-0.05, 0) is 68.4 Å². The van der Waals surface area contributed by atoms with Gasteiger partial charge in [0.2, 0.25) is 17.6 Å². The summed E-state index contributed by atoms with van der Waals surface area (Å²) in [6.45, 7) is 1.97. The Morgan fingerprint density at radius 2 is 1.84 bits per heavy atom. The molecule has 196 valence electrons. The molecule has 1 aliphatic heterocycles. The van der Waals surface area contributed by atoms with E-state index < -0.39 is 0 Å². The van der Waals surface area contributed by atoms with Crippen LogP contribution in [0.2, 0.25) is 10.0 Å². The number of amides is 1. The van der Waals surface area contributed by atoms with Gasteiger partial charge in [-0.25, -0.2) is 0 Å². The fourth-order valence-corrected chi connectivity index (χ4v) is 4.72. The van der Waals surface area contributed by atoms with Crippen molar-refractivity contribution >= 4 is 34.8 Å². The fourth-order valence-electron chi connectivity index (χ4n) is 4.33. The maximum atomic E-state index is 13.1. The van der Waals surface area contributed by atoms with Gasteiger partial charge in [-0.15, -0.1) is 0 Å². The summed E-state index contributed by atoms with van der Waals surface area (Å²) < 4.78 is 16.7. The predicted octanol–water partition coefficient (Wildman–Crippen LogP) is 6.70. The van der Waals surface area contributed by atoms with Crippen LogP contribution in [0.25, 0.3) is 11.4 Å². The first kappa shape index (κ1) is 26.0. The predicted molar refractivity (Wildman–Crippen MR) is 146 cm³/mol. The second kappa shape index (κ2) is 11.9. The number of anilines is 1. The zero-order valence-electron chi connectivity index (χ0n) is 20.7. The number of piperidine rings is 1. The van der Waals surface area contributed by atoms with E-state index in [0.29, 0.717) is 64.1 Å². The number of halogens is 2. The molecule has 1 N–H and O–H groups in total. The lowest BCUT2D eigenvalue weighted by Gasteiger charge is -2.30. The Balaban J connectivity index is 1.18. The molecule has 0 bridgehead atoms. The van der Waals surface area contributed by atoms with Gasteiger partial charge in [0.1, 0.15) is 11.5 Å². The average Bonchev–Trinajstić information content (AvgIpc) is 3.39. The normalized spacial score (nSPS) is 14.3. The minimum Gasteiger partial charge on any atom is -0.497 e. The number of ether oxygens (including phenoxy) is 2. The first-order valence-electron chi connectivity index (χ1n) is 12.2. The molecule has 0 atom stereocenters.